The van der Waals surface area contributed by atoms with Crippen LogP contribution in [0, 0.1) is 0 Å². The van der Waals surface area contributed by atoms with Gasteiger partial charge < -0.3 is 21.3 Å². The summed E-state index contributed by atoms with van der Waals surface area (Å²) in [5, 5.41) is 8.07. The van der Waals surface area contributed by atoms with Crippen molar-refractivity contribution < 1.29 is 0 Å². The molecule has 140 valence electrons. The Labute approximate surface area is 160 Å². The van der Waals surface area contributed by atoms with Gasteiger partial charge in [-0.05, 0) is 37.2 Å². The molecule has 1 aliphatic rings. The lowest BCUT2D eigenvalue weighted by Crippen LogP contribution is -2.43. The lowest BCUT2D eigenvalue weighted by Gasteiger charge is -2.29. The molecule has 0 amide bonds. The highest BCUT2D eigenvalue weighted by Crippen LogP contribution is 2.29. The van der Waals surface area contributed by atoms with Crippen LogP contribution >= 0.6 is 0 Å². The number of nitrogens with two attached hydrogens (primary N) is 1. The van der Waals surface area contributed by atoms with Crippen LogP contribution in [-0.4, -0.2) is 44.3 Å². The number of anilines is 2. The molecule has 0 radical (unpaired) electrons. The summed E-state index contributed by atoms with van der Waals surface area (Å²) in [6.07, 6.45) is 0.950. The largest absolute Gasteiger partial charge is 0.384 e. The Hall–Kier alpha value is -2.63. The molecule has 0 bridgehead atoms. The zero-order valence-electron chi connectivity index (χ0n) is 15.6. The summed E-state index contributed by atoms with van der Waals surface area (Å²) >= 11 is 0. The molecule has 1 fully saturated rings. The zero-order valence-corrected chi connectivity index (χ0v) is 15.6. The van der Waals surface area contributed by atoms with E-state index in [1.54, 1.807) is 0 Å². The van der Waals surface area contributed by atoms with Crippen LogP contribution in [0.4, 0.5) is 11.4 Å². The maximum atomic E-state index is 5.64. The minimum Gasteiger partial charge on any atom is -0.384 e. The van der Waals surface area contributed by atoms with Crippen LogP contribution in [0.5, 0.6) is 0 Å². The number of rotatable bonds is 6. The van der Waals surface area contributed by atoms with E-state index in [4.69, 9.17) is 10.7 Å². The summed E-state index contributed by atoms with van der Waals surface area (Å²) in [4.78, 5) is 7.31. The molecule has 1 aromatic heterocycles. The second-order valence-corrected chi connectivity index (χ2v) is 6.93. The van der Waals surface area contributed by atoms with Crippen molar-refractivity contribution >= 4 is 22.3 Å². The highest BCUT2D eigenvalue weighted by molar-refractivity contribution is 5.93. The first kappa shape index (κ1) is 17.8. The number of nitrogens with one attached hydrogen (secondary N) is 2. The van der Waals surface area contributed by atoms with Gasteiger partial charge in [-0.1, -0.05) is 30.3 Å². The van der Waals surface area contributed by atoms with Crippen LogP contribution in [0.2, 0.25) is 0 Å². The third kappa shape index (κ3) is 4.04. The van der Waals surface area contributed by atoms with Gasteiger partial charge in [-0.2, -0.15) is 0 Å². The SMILES string of the molecule is NCCCNc1cc(-c2ccc(N3CCNCC3)cc2)nc2ccccc12. The van der Waals surface area contributed by atoms with Crippen molar-refractivity contribution in [3.63, 3.8) is 0 Å². The molecule has 0 spiro atoms. The minimum absolute atomic E-state index is 0.691. The Bertz CT molecular complexity index is 885. The lowest BCUT2D eigenvalue weighted by atomic mass is 10.1. The molecule has 27 heavy (non-hydrogen) atoms. The van der Waals surface area contributed by atoms with Gasteiger partial charge in [-0.25, -0.2) is 4.98 Å². The predicted octanol–water partition coefficient (Wildman–Crippen LogP) is 3.07. The number of nitrogens with zero attached hydrogens (tertiary/aromatic N) is 2. The third-order valence-corrected chi connectivity index (χ3v) is 5.06. The molecular weight excluding hydrogens is 334 g/mol. The number of aromatic nitrogens is 1. The smallest absolute Gasteiger partial charge is 0.0730 e. The maximum Gasteiger partial charge on any atom is 0.0730 e. The van der Waals surface area contributed by atoms with E-state index in [1.807, 2.05) is 6.07 Å². The molecular formula is C22H27N5. The van der Waals surface area contributed by atoms with Crippen LogP contribution in [0.3, 0.4) is 0 Å². The fourth-order valence-corrected chi connectivity index (χ4v) is 3.56. The molecule has 3 aromatic rings. The first-order chi connectivity index (χ1) is 13.3. The summed E-state index contributed by atoms with van der Waals surface area (Å²) in [6, 6.07) is 19.2. The average molecular weight is 361 g/mol. The molecule has 2 aromatic carbocycles. The van der Waals surface area contributed by atoms with Gasteiger partial charge in [0.1, 0.15) is 0 Å². The van der Waals surface area contributed by atoms with Crippen LogP contribution in [0.1, 0.15) is 6.42 Å². The fourth-order valence-electron chi connectivity index (χ4n) is 3.56. The summed E-state index contributed by atoms with van der Waals surface area (Å²) in [5.41, 5.74) is 11.2. The Morgan fingerprint density at radius 3 is 2.59 bits per heavy atom. The van der Waals surface area contributed by atoms with Crippen LogP contribution in [0.15, 0.2) is 54.6 Å². The van der Waals surface area contributed by atoms with E-state index in [9.17, 15) is 0 Å². The second kappa shape index (κ2) is 8.37. The summed E-state index contributed by atoms with van der Waals surface area (Å²) in [7, 11) is 0. The number of fused-ring (bicyclic) bond motifs is 1. The Balaban J connectivity index is 1.64. The molecule has 0 unspecified atom stereocenters. The third-order valence-electron chi connectivity index (χ3n) is 5.06. The standard InChI is InChI=1S/C22H27N5/c23-10-3-11-25-22-16-21(26-20-5-2-1-4-19(20)22)17-6-8-18(9-7-17)27-14-12-24-13-15-27/h1-2,4-9,16,24H,3,10-15,23H2,(H,25,26). The van der Waals surface area contributed by atoms with Crippen molar-refractivity contribution in [2.75, 3.05) is 49.5 Å². The molecule has 0 aliphatic carbocycles. The van der Waals surface area contributed by atoms with Crippen molar-refractivity contribution in [3.8, 4) is 11.3 Å². The zero-order chi connectivity index (χ0) is 18.5. The molecule has 1 aliphatic heterocycles. The van der Waals surface area contributed by atoms with Gasteiger partial charge in [0.25, 0.3) is 0 Å². The first-order valence-corrected chi connectivity index (χ1v) is 9.75. The second-order valence-electron chi connectivity index (χ2n) is 6.93. The molecule has 1 saturated heterocycles. The van der Waals surface area contributed by atoms with E-state index in [-0.39, 0.29) is 0 Å². The fraction of sp³-hybridized carbons (Fsp3) is 0.318. The first-order valence-electron chi connectivity index (χ1n) is 9.75. The van der Waals surface area contributed by atoms with E-state index in [0.717, 1.165) is 67.0 Å². The van der Waals surface area contributed by atoms with Crippen molar-refractivity contribution in [3.05, 3.63) is 54.6 Å². The van der Waals surface area contributed by atoms with Gasteiger partial charge >= 0.3 is 0 Å². The van der Waals surface area contributed by atoms with E-state index in [0.29, 0.717) is 6.54 Å². The molecule has 0 atom stereocenters. The van der Waals surface area contributed by atoms with Gasteiger partial charge in [0.2, 0.25) is 0 Å². The van der Waals surface area contributed by atoms with E-state index in [1.165, 1.54) is 5.69 Å². The molecule has 5 nitrogen and oxygen atoms in total. The monoisotopic (exact) mass is 361 g/mol. The number of hydrogen-bond donors (Lipinski definition) is 3. The van der Waals surface area contributed by atoms with Crippen molar-refractivity contribution in [2.45, 2.75) is 6.42 Å². The van der Waals surface area contributed by atoms with Gasteiger partial charge in [-0.3, -0.25) is 0 Å². The highest BCUT2D eigenvalue weighted by atomic mass is 15.2. The summed E-state index contributed by atoms with van der Waals surface area (Å²) in [5.74, 6) is 0. The predicted molar refractivity (Wildman–Crippen MR) is 114 cm³/mol. The van der Waals surface area contributed by atoms with E-state index in [2.05, 4.69) is 64.1 Å². The number of hydrogen-bond acceptors (Lipinski definition) is 5. The van der Waals surface area contributed by atoms with Crippen molar-refractivity contribution in [1.82, 2.24) is 10.3 Å². The van der Waals surface area contributed by atoms with Crippen LogP contribution in [-0.2, 0) is 0 Å². The molecule has 4 N–H and O–H groups in total. The maximum absolute atomic E-state index is 5.64. The van der Waals surface area contributed by atoms with Gasteiger partial charge in [0, 0.05) is 55.0 Å². The summed E-state index contributed by atoms with van der Waals surface area (Å²) < 4.78 is 0. The van der Waals surface area contributed by atoms with Crippen LogP contribution < -0.4 is 21.3 Å². The molecule has 0 saturated carbocycles. The quantitative estimate of drug-likeness (QED) is 0.589. The van der Waals surface area contributed by atoms with Gasteiger partial charge in [0.15, 0.2) is 0 Å². The number of piperazine rings is 1. The Kier molecular flexibility index (Phi) is 5.51. The van der Waals surface area contributed by atoms with Crippen molar-refractivity contribution in [1.29, 1.82) is 0 Å². The number of para-hydroxylation sites is 1. The van der Waals surface area contributed by atoms with Gasteiger partial charge in [-0.15, -0.1) is 0 Å². The van der Waals surface area contributed by atoms with Crippen LogP contribution in [0.25, 0.3) is 22.2 Å². The summed E-state index contributed by atoms with van der Waals surface area (Å²) in [6.45, 7) is 5.77. The minimum atomic E-state index is 0.691. The number of pyridine rings is 1. The topological polar surface area (TPSA) is 66.2 Å². The highest BCUT2D eigenvalue weighted by Gasteiger charge is 2.11. The number of benzene rings is 2. The Morgan fingerprint density at radius 2 is 1.81 bits per heavy atom. The van der Waals surface area contributed by atoms with E-state index < -0.39 is 0 Å². The Morgan fingerprint density at radius 1 is 1.04 bits per heavy atom. The lowest BCUT2D eigenvalue weighted by molar-refractivity contribution is 0.589. The van der Waals surface area contributed by atoms with Gasteiger partial charge in [0.05, 0.1) is 11.2 Å². The molecule has 2 heterocycles. The van der Waals surface area contributed by atoms with Crippen molar-refractivity contribution in [2.24, 2.45) is 5.73 Å². The normalized spacial score (nSPS) is 14.5. The average Bonchev–Trinajstić information content (AvgIpc) is 2.74. The van der Waals surface area contributed by atoms with E-state index >= 15 is 0 Å². The molecule has 5 heteroatoms. The molecule has 4 rings (SSSR count).